The van der Waals surface area contributed by atoms with E-state index < -0.39 is 5.97 Å². The highest BCUT2D eigenvalue weighted by Gasteiger charge is 2.12. The second-order valence-electron chi connectivity index (χ2n) is 6.10. The second-order valence-corrected chi connectivity index (χ2v) is 6.10. The van der Waals surface area contributed by atoms with E-state index in [-0.39, 0.29) is 31.4 Å². The Bertz CT molecular complexity index is 503. The molecule has 0 atom stereocenters. The second kappa shape index (κ2) is 11.9. The Morgan fingerprint density at radius 2 is 1.79 bits per heavy atom. The Hall–Kier alpha value is -1.59. The van der Waals surface area contributed by atoms with Crippen molar-refractivity contribution in [3.05, 3.63) is 35.4 Å². The molecule has 0 aromatic heterocycles. The van der Waals surface area contributed by atoms with Gasteiger partial charge in [0.2, 0.25) is 5.91 Å². The fourth-order valence-corrected chi connectivity index (χ4v) is 2.40. The summed E-state index contributed by atoms with van der Waals surface area (Å²) in [5.74, 6) is -0.516. The molecule has 136 valence electrons. The average molecular weight is 357 g/mol. The van der Waals surface area contributed by atoms with Crippen LogP contribution in [0.3, 0.4) is 0 Å². The van der Waals surface area contributed by atoms with E-state index >= 15 is 0 Å². The molecule has 2 N–H and O–H groups in total. The van der Waals surface area contributed by atoms with Crippen LogP contribution < -0.4 is 5.32 Å². The van der Waals surface area contributed by atoms with Gasteiger partial charge in [-0.15, -0.1) is 12.4 Å². The van der Waals surface area contributed by atoms with Gasteiger partial charge in [-0.05, 0) is 36.4 Å². The van der Waals surface area contributed by atoms with E-state index in [0.717, 1.165) is 12.8 Å². The van der Waals surface area contributed by atoms with Gasteiger partial charge in [-0.2, -0.15) is 0 Å². The molecule has 1 amide bonds. The number of rotatable bonds is 10. The minimum Gasteiger partial charge on any atom is -0.480 e. The standard InChI is InChI=1S/C18H28N2O3.ClH/c1-4-11-20(13-18(22)23)12-17(21)19-10-9-15-5-7-16(8-6-15)14(2)3;/h5-8,14H,4,9-13H2,1-3H3,(H,19,21)(H,22,23);1H. The Morgan fingerprint density at radius 3 is 2.29 bits per heavy atom. The highest BCUT2D eigenvalue weighted by molar-refractivity contribution is 5.85. The average Bonchev–Trinajstić information content (AvgIpc) is 2.47. The molecule has 1 aromatic rings. The first-order valence-electron chi connectivity index (χ1n) is 8.22. The molecule has 0 bridgehead atoms. The maximum Gasteiger partial charge on any atom is 0.317 e. The normalized spacial score (nSPS) is 10.5. The number of carbonyl (C=O) groups is 2. The van der Waals surface area contributed by atoms with Gasteiger partial charge in [0.15, 0.2) is 0 Å². The van der Waals surface area contributed by atoms with Crippen LogP contribution in [-0.2, 0) is 16.0 Å². The van der Waals surface area contributed by atoms with E-state index in [0.29, 0.717) is 19.0 Å². The Morgan fingerprint density at radius 1 is 1.17 bits per heavy atom. The molecule has 0 spiro atoms. The number of nitrogens with zero attached hydrogens (tertiary/aromatic N) is 1. The van der Waals surface area contributed by atoms with Crippen LogP contribution in [0.5, 0.6) is 0 Å². The van der Waals surface area contributed by atoms with Crippen molar-refractivity contribution >= 4 is 24.3 Å². The summed E-state index contributed by atoms with van der Waals surface area (Å²) in [7, 11) is 0. The monoisotopic (exact) mass is 356 g/mol. The third-order valence-corrected chi connectivity index (χ3v) is 3.65. The summed E-state index contributed by atoms with van der Waals surface area (Å²) in [6.45, 7) is 7.49. The van der Waals surface area contributed by atoms with Crippen LogP contribution in [0, 0.1) is 0 Å². The van der Waals surface area contributed by atoms with Crippen LogP contribution in [-0.4, -0.2) is 48.1 Å². The van der Waals surface area contributed by atoms with Gasteiger partial charge in [-0.1, -0.05) is 45.0 Å². The zero-order chi connectivity index (χ0) is 17.2. The van der Waals surface area contributed by atoms with Crippen LogP contribution in [0.1, 0.15) is 44.2 Å². The summed E-state index contributed by atoms with van der Waals surface area (Å²) in [4.78, 5) is 24.3. The minimum absolute atomic E-state index is 0. The Kier molecular flexibility index (Phi) is 11.1. The number of hydrogen-bond acceptors (Lipinski definition) is 3. The van der Waals surface area contributed by atoms with Crippen LogP contribution in [0.25, 0.3) is 0 Å². The lowest BCUT2D eigenvalue weighted by Gasteiger charge is -2.18. The lowest BCUT2D eigenvalue weighted by Crippen LogP contribution is -2.40. The molecule has 6 heteroatoms. The van der Waals surface area contributed by atoms with Crippen molar-refractivity contribution in [3.8, 4) is 0 Å². The van der Waals surface area contributed by atoms with Crippen molar-refractivity contribution < 1.29 is 14.7 Å². The maximum absolute atomic E-state index is 11.9. The largest absolute Gasteiger partial charge is 0.480 e. The summed E-state index contributed by atoms with van der Waals surface area (Å²) in [6.07, 6.45) is 1.60. The quantitative estimate of drug-likeness (QED) is 0.676. The minimum atomic E-state index is -0.906. The third kappa shape index (κ3) is 8.89. The lowest BCUT2D eigenvalue weighted by molar-refractivity contribution is -0.138. The van der Waals surface area contributed by atoms with E-state index in [1.165, 1.54) is 11.1 Å². The molecule has 0 aliphatic heterocycles. The number of halogens is 1. The van der Waals surface area contributed by atoms with Crippen molar-refractivity contribution in [3.63, 3.8) is 0 Å². The number of nitrogens with one attached hydrogen (secondary N) is 1. The lowest BCUT2D eigenvalue weighted by atomic mass is 10.0. The van der Waals surface area contributed by atoms with Gasteiger partial charge >= 0.3 is 5.97 Å². The SMILES string of the molecule is CCCN(CC(=O)O)CC(=O)NCCc1ccc(C(C)C)cc1.Cl. The van der Waals surface area contributed by atoms with Crippen molar-refractivity contribution in [2.45, 2.75) is 39.5 Å². The molecule has 0 saturated heterocycles. The Labute approximate surface area is 150 Å². The number of carboxylic acid groups (broad SMARTS) is 1. The summed E-state index contributed by atoms with van der Waals surface area (Å²) in [6, 6.07) is 8.43. The smallest absolute Gasteiger partial charge is 0.317 e. The van der Waals surface area contributed by atoms with Gasteiger partial charge in [0, 0.05) is 6.54 Å². The molecule has 0 aliphatic carbocycles. The molecule has 0 radical (unpaired) electrons. The van der Waals surface area contributed by atoms with Crippen molar-refractivity contribution in [1.82, 2.24) is 10.2 Å². The van der Waals surface area contributed by atoms with E-state index in [1.54, 1.807) is 4.90 Å². The number of aliphatic carboxylic acids is 1. The molecule has 0 unspecified atom stereocenters. The topological polar surface area (TPSA) is 69.6 Å². The molecule has 0 fully saturated rings. The highest BCUT2D eigenvalue weighted by atomic mass is 35.5. The van der Waals surface area contributed by atoms with Gasteiger partial charge in [0.1, 0.15) is 0 Å². The van der Waals surface area contributed by atoms with E-state index in [4.69, 9.17) is 5.11 Å². The van der Waals surface area contributed by atoms with Gasteiger partial charge in [0.25, 0.3) is 0 Å². The van der Waals surface area contributed by atoms with Crippen LogP contribution in [0.15, 0.2) is 24.3 Å². The van der Waals surface area contributed by atoms with Gasteiger partial charge < -0.3 is 10.4 Å². The summed E-state index contributed by atoms with van der Waals surface area (Å²) >= 11 is 0. The van der Waals surface area contributed by atoms with E-state index in [1.807, 2.05) is 6.92 Å². The van der Waals surface area contributed by atoms with E-state index in [9.17, 15) is 9.59 Å². The molecule has 24 heavy (non-hydrogen) atoms. The maximum atomic E-state index is 11.9. The Balaban J connectivity index is 0.00000529. The van der Waals surface area contributed by atoms with Crippen molar-refractivity contribution in [2.24, 2.45) is 0 Å². The van der Waals surface area contributed by atoms with Gasteiger partial charge in [-0.25, -0.2) is 0 Å². The summed E-state index contributed by atoms with van der Waals surface area (Å²) < 4.78 is 0. The first-order valence-corrected chi connectivity index (χ1v) is 8.22. The molecule has 0 aliphatic rings. The highest BCUT2D eigenvalue weighted by Crippen LogP contribution is 2.14. The molecule has 0 saturated carbocycles. The van der Waals surface area contributed by atoms with Crippen LogP contribution >= 0.6 is 12.4 Å². The zero-order valence-electron chi connectivity index (χ0n) is 14.7. The molecule has 5 nitrogen and oxygen atoms in total. The molecular weight excluding hydrogens is 328 g/mol. The molecule has 1 rings (SSSR count). The predicted molar refractivity (Wildman–Crippen MR) is 98.9 cm³/mol. The number of hydrogen-bond donors (Lipinski definition) is 2. The first-order chi connectivity index (χ1) is 10.9. The first kappa shape index (κ1) is 22.4. The molecule has 0 heterocycles. The predicted octanol–water partition coefficient (Wildman–Crippen LogP) is 2.69. The summed E-state index contributed by atoms with van der Waals surface area (Å²) in [5, 5.41) is 11.7. The number of carbonyl (C=O) groups excluding carboxylic acids is 1. The fourth-order valence-electron chi connectivity index (χ4n) is 2.40. The third-order valence-electron chi connectivity index (χ3n) is 3.65. The molecular formula is C18H29ClN2O3. The fraction of sp³-hybridized carbons (Fsp3) is 0.556. The number of amides is 1. The number of carboxylic acids is 1. The van der Waals surface area contributed by atoms with Crippen molar-refractivity contribution in [1.29, 1.82) is 0 Å². The van der Waals surface area contributed by atoms with Gasteiger partial charge in [0.05, 0.1) is 13.1 Å². The molecule has 1 aromatic carbocycles. The van der Waals surface area contributed by atoms with Crippen molar-refractivity contribution in [2.75, 3.05) is 26.2 Å². The van der Waals surface area contributed by atoms with Crippen LogP contribution in [0.2, 0.25) is 0 Å². The zero-order valence-corrected chi connectivity index (χ0v) is 15.6. The van der Waals surface area contributed by atoms with E-state index in [2.05, 4.69) is 43.4 Å². The number of benzene rings is 1. The van der Waals surface area contributed by atoms with Gasteiger partial charge in [-0.3, -0.25) is 14.5 Å². The summed E-state index contributed by atoms with van der Waals surface area (Å²) in [5.41, 5.74) is 2.49. The van der Waals surface area contributed by atoms with Crippen LogP contribution in [0.4, 0.5) is 0 Å².